The minimum atomic E-state index is -0.233. The number of aromatic nitrogens is 3. The van der Waals surface area contributed by atoms with Crippen molar-refractivity contribution in [3.8, 4) is 0 Å². The van der Waals surface area contributed by atoms with Crippen LogP contribution >= 0.6 is 22.9 Å². The normalized spacial score (nSPS) is 18.0. The van der Waals surface area contributed by atoms with Crippen LogP contribution in [0.15, 0.2) is 5.38 Å². The number of ketones is 1. The molecular formula is C22H29N5O3S2. The summed E-state index contributed by atoms with van der Waals surface area (Å²) in [5.74, 6) is 1.02. The van der Waals surface area contributed by atoms with Crippen molar-refractivity contribution >= 4 is 45.6 Å². The van der Waals surface area contributed by atoms with Crippen molar-refractivity contribution in [2.45, 2.75) is 64.2 Å². The zero-order chi connectivity index (χ0) is 22.7. The van der Waals surface area contributed by atoms with E-state index >= 15 is 0 Å². The molecule has 1 aliphatic heterocycles. The molecule has 0 bridgehead atoms. The third-order valence-corrected chi connectivity index (χ3v) is 8.15. The van der Waals surface area contributed by atoms with Crippen LogP contribution in [0.4, 0.5) is 5.13 Å². The predicted octanol–water partition coefficient (Wildman–Crippen LogP) is 3.69. The van der Waals surface area contributed by atoms with Crippen LogP contribution < -0.4 is 4.90 Å². The average Bonchev–Trinajstić information content (AvgIpc) is 3.48. The van der Waals surface area contributed by atoms with Crippen molar-refractivity contribution in [1.82, 2.24) is 19.2 Å². The fourth-order valence-corrected chi connectivity index (χ4v) is 6.07. The highest BCUT2D eigenvalue weighted by molar-refractivity contribution is 7.10. The van der Waals surface area contributed by atoms with Crippen LogP contribution in [0.5, 0.6) is 0 Å². The SMILES string of the molecule is CC(=O)Cc1nsc(N(C)C(=O)c2csc(C3CCN(C(=O)C4CCCCC4)CC3)n2)n1. The first-order valence-corrected chi connectivity index (χ1v) is 12.9. The zero-order valence-corrected chi connectivity index (χ0v) is 20.2. The number of thiazole rings is 1. The van der Waals surface area contributed by atoms with Crippen molar-refractivity contribution in [2.24, 2.45) is 5.92 Å². The molecule has 3 heterocycles. The summed E-state index contributed by atoms with van der Waals surface area (Å²) < 4.78 is 4.15. The van der Waals surface area contributed by atoms with E-state index in [9.17, 15) is 14.4 Å². The third kappa shape index (κ3) is 5.23. The Labute approximate surface area is 196 Å². The van der Waals surface area contributed by atoms with E-state index in [1.54, 1.807) is 12.4 Å². The smallest absolute Gasteiger partial charge is 0.279 e. The van der Waals surface area contributed by atoms with Gasteiger partial charge in [-0.15, -0.1) is 11.3 Å². The van der Waals surface area contributed by atoms with Crippen molar-refractivity contribution in [2.75, 3.05) is 25.0 Å². The van der Waals surface area contributed by atoms with Gasteiger partial charge in [0.25, 0.3) is 5.91 Å². The van der Waals surface area contributed by atoms with Gasteiger partial charge in [0.05, 0.1) is 11.4 Å². The summed E-state index contributed by atoms with van der Waals surface area (Å²) in [5, 5.41) is 3.21. The zero-order valence-electron chi connectivity index (χ0n) is 18.6. The number of carbonyl (C=O) groups excluding carboxylic acids is 3. The molecule has 0 aromatic carbocycles. The lowest BCUT2D eigenvalue weighted by Crippen LogP contribution is -2.41. The van der Waals surface area contributed by atoms with Gasteiger partial charge < -0.3 is 4.90 Å². The molecule has 32 heavy (non-hydrogen) atoms. The number of rotatable bonds is 6. The number of hydrogen-bond donors (Lipinski definition) is 0. The van der Waals surface area contributed by atoms with E-state index < -0.39 is 0 Å². The molecule has 0 spiro atoms. The lowest BCUT2D eigenvalue weighted by atomic mass is 9.87. The second kappa shape index (κ2) is 10.2. The molecule has 1 aliphatic carbocycles. The van der Waals surface area contributed by atoms with Crippen LogP contribution in [0.2, 0.25) is 0 Å². The molecule has 4 rings (SSSR count). The Morgan fingerprint density at radius 3 is 2.50 bits per heavy atom. The van der Waals surface area contributed by atoms with Gasteiger partial charge in [0.15, 0.2) is 5.82 Å². The Balaban J connectivity index is 1.33. The second-order valence-electron chi connectivity index (χ2n) is 8.74. The summed E-state index contributed by atoms with van der Waals surface area (Å²) in [5.41, 5.74) is 0.400. The molecule has 0 N–H and O–H groups in total. The fraction of sp³-hybridized carbons (Fsp3) is 0.636. The van der Waals surface area contributed by atoms with Gasteiger partial charge in [-0.3, -0.25) is 19.3 Å². The van der Waals surface area contributed by atoms with E-state index in [1.807, 2.05) is 4.90 Å². The van der Waals surface area contributed by atoms with E-state index in [2.05, 4.69) is 14.3 Å². The molecule has 2 fully saturated rings. The summed E-state index contributed by atoms with van der Waals surface area (Å²) in [7, 11) is 1.65. The summed E-state index contributed by atoms with van der Waals surface area (Å²) in [6.45, 7) is 3.03. The van der Waals surface area contributed by atoms with Crippen LogP contribution in [-0.4, -0.2) is 57.0 Å². The molecule has 172 valence electrons. The van der Waals surface area contributed by atoms with Gasteiger partial charge in [-0.05, 0) is 32.6 Å². The van der Waals surface area contributed by atoms with Gasteiger partial charge in [0.1, 0.15) is 11.5 Å². The minimum absolute atomic E-state index is 0.0149. The van der Waals surface area contributed by atoms with Crippen molar-refractivity contribution in [3.63, 3.8) is 0 Å². The number of hydrogen-bond acceptors (Lipinski definition) is 8. The number of nitrogens with zero attached hydrogens (tertiary/aromatic N) is 5. The Morgan fingerprint density at radius 1 is 1.09 bits per heavy atom. The lowest BCUT2D eigenvalue weighted by Gasteiger charge is -2.34. The topological polar surface area (TPSA) is 96.4 Å². The molecule has 0 radical (unpaired) electrons. The van der Waals surface area contributed by atoms with E-state index in [0.29, 0.717) is 22.6 Å². The molecule has 2 aliphatic rings. The molecule has 2 aromatic rings. The van der Waals surface area contributed by atoms with Crippen LogP contribution in [-0.2, 0) is 16.0 Å². The fourth-order valence-electron chi connectivity index (χ4n) is 4.46. The third-order valence-electron chi connectivity index (χ3n) is 6.31. The number of Topliss-reactive ketones (excluding diaryl/α,β-unsaturated/α-hetero) is 1. The second-order valence-corrected chi connectivity index (χ2v) is 10.4. The first kappa shape index (κ1) is 23.0. The Hall–Kier alpha value is -2.20. The molecule has 10 heteroatoms. The van der Waals surface area contributed by atoms with E-state index in [-0.39, 0.29) is 29.9 Å². The summed E-state index contributed by atoms with van der Waals surface area (Å²) in [4.78, 5) is 49.3. The average molecular weight is 476 g/mol. The monoisotopic (exact) mass is 475 g/mol. The molecular weight excluding hydrogens is 446 g/mol. The van der Waals surface area contributed by atoms with E-state index in [0.717, 1.165) is 55.3 Å². The predicted molar refractivity (Wildman–Crippen MR) is 124 cm³/mol. The van der Waals surface area contributed by atoms with Crippen LogP contribution in [0.25, 0.3) is 0 Å². The van der Waals surface area contributed by atoms with Gasteiger partial charge in [-0.25, -0.2) is 9.97 Å². The minimum Gasteiger partial charge on any atom is -0.342 e. The van der Waals surface area contributed by atoms with Gasteiger partial charge >= 0.3 is 0 Å². The van der Waals surface area contributed by atoms with Gasteiger partial charge in [-0.1, -0.05) is 19.3 Å². The Kier molecular flexibility index (Phi) is 7.30. The number of carbonyl (C=O) groups is 3. The Bertz CT molecular complexity index is 974. The van der Waals surface area contributed by atoms with E-state index in [4.69, 9.17) is 0 Å². The number of anilines is 1. The quantitative estimate of drug-likeness (QED) is 0.632. The maximum atomic E-state index is 12.9. The Morgan fingerprint density at radius 2 is 1.81 bits per heavy atom. The first-order chi connectivity index (χ1) is 15.4. The highest BCUT2D eigenvalue weighted by Gasteiger charge is 2.31. The molecule has 2 aromatic heterocycles. The molecule has 2 amide bonds. The first-order valence-electron chi connectivity index (χ1n) is 11.3. The van der Waals surface area contributed by atoms with Crippen LogP contribution in [0.3, 0.4) is 0 Å². The molecule has 0 atom stereocenters. The highest BCUT2D eigenvalue weighted by atomic mass is 32.1. The maximum Gasteiger partial charge on any atom is 0.279 e. The van der Waals surface area contributed by atoms with Crippen LogP contribution in [0, 0.1) is 5.92 Å². The molecule has 1 saturated carbocycles. The van der Waals surface area contributed by atoms with Gasteiger partial charge in [-0.2, -0.15) is 4.37 Å². The number of amides is 2. The molecule has 8 nitrogen and oxygen atoms in total. The summed E-state index contributed by atoms with van der Waals surface area (Å²) >= 11 is 2.61. The molecule has 0 unspecified atom stereocenters. The maximum absolute atomic E-state index is 12.9. The van der Waals surface area contributed by atoms with Gasteiger partial charge in [0.2, 0.25) is 11.0 Å². The van der Waals surface area contributed by atoms with Gasteiger partial charge in [0, 0.05) is 48.9 Å². The van der Waals surface area contributed by atoms with Crippen molar-refractivity contribution in [1.29, 1.82) is 0 Å². The number of piperidine rings is 1. The van der Waals surface area contributed by atoms with E-state index in [1.165, 1.54) is 42.4 Å². The molecule has 1 saturated heterocycles. The van der Waals surface area contributed by atoms with Crippen LogP contribution in [0.1, 0.15) is 79.1 Å². The lowest BCUT2D eigenvalue weighted by molar-refractivity contribution is -0.137. The highest BCUT2D eigenvalue weighted by Crippen LogP contribution is 2.33. The largest absolute Gasteiger partial charge is 0.342 e. The number of likely N-dealkylation sites (tertiary alicyclic amines) is 1. The van der Waals surface area contributed by atoms with Crippen molar-refractivity contribution < 1.29 is 14.4 Å². The standard InChI is InChI=1S/C22H29N5O3S2/c1-14(28)12-18-24-22(32-25-18)26(2)21(30)17-13-31-19(23-17)15-8-10-27(11-9-15)20(29)16-6-4-3-5-7-16/h13,15-16H,3-12H2,1-2H3. The summed E-state index contributed by atoms with van der Waals surface area (Å²) in [6.07, 6.45) is 7.62. The summed E-state index contributed by atoms with van der Waals surface area (Å²) in [6, 6.07) is 0. The van der Waals surface area contributed by atoms with Crippen molar-refractivity contribution in [3.05, 3.63) is 21.9 Å².